The average Bonchev–Trinajstić information content (AvgIpc) is 2.39. The van der Waals surface area contributed by atoms with Crippen LogP contribution < -0.4 is 0 Å². The molecular weight excluding hydrogens is 194 g/mol. The summed E-state index contributed by atoms with van der Waals surface area (Å²) in [5, 5.41) is 0. The van der Waals surface area contributed by atoms with Crippen molar-refractivity contribution in [1.29, 1.82) is 0 Å². The second-order valence-corrected chi connectivity index (χ2v) is 4.27. The maximum absolute atomic E-state index is 3.92. The van der Waals surface area contributed by atoms with Gasteiger partial charge in [0.05, 0.1) is 0 Å². The second kappa shape index (κ2) is 5.13. The molecule has 1 nitrogen and oxygen atoms in total. The molecule has 1 aliphatic heterocycles. The Kier molecular flexibility index (Phi) is 3.58. The number of rotatable bonds is 3. The Morgan fingerprint density at radius 1 is 1.38 bits per heavy atom. The van der Waals surface area contributed by atoms with Gasteiger partial charge in [-0.2, -0.15) is 0 Å². The van der Waals surface area contributed by atoms with Gasteiger partial charge in [-0.15, -0.1) is 6.58 Å². The van der Waals surface area contributed by atoms with Crippen LogP contribution in [-0.2, 0) is 0 Å². The quantitative estimate of drug-likeness (QED) is 0.694. The van der Waals surface area contributed by atoms with Crippen LogP contribution >= 0.6 is 0 Å². The standard InChI is InChI=1S/C15H19N/c1-3-15-11-7-8-12-16(15)13(2)14-9-5-4-6-10-14/h3-7,9-11,13,15H,1,8,12H2,2H3/t13-,15+/m0/s1. The highest BCUT2D eigenvalue weighted by Gasteiger charge is 2.21. The molecule has 0 amide bonds. The van der Waals surface area contributed by atoms with E-state index in [0.717, 1.165) is 13.0 Å². The molecule has 0 spiro atoms. The van der Waals surface area contributed by atoms with E-state index in [2.05, 4.69) is 60.9 Å². The molecule has 1 aromatic carbocycles. The maximum atomic E-state index is 3.92. The normalized spacial score (nSPS) is 22.9. The van der Waals surface area contributed by atoms with Crippen molar-refractivity contribution in [2.45, 2.75) is 25.4 Å². The molecule has 0 aliphatic carbocycles. The van der Waals surface area contributed by atoms with Crippen LogP contribution in [0.15, 0.2) is 55.1 Å². The summed E-state index contributed by atoms with van der Waals surface area (Å²) < 4.78 is 0. The summed E-state index contributed by atoms with van der Waals surface area (Å²) in [7, 11) is 0. The van der Waals surface area contributed by atoms with E-state index < -0.39 is 0 Å². The lowest BCUT2D eigenvalue weighted by atomic mass is 10.0. The van der Waals surface area contributed by atoms with Gasteiger partial charge in [0.1, 0.15) is 0 Å². The van der Waals surface area contributed by atoms with Gasteiger partial charge in [-0.3, -0.25) is 4.90 Å². The van der Waals surface area contributed by atoms with Gasteiger partial charge in [-0.25, -0.2) is 0 Å². The molecule has 0 bridgehead atoms. The van der Waals surface area contributed by atoms with E-state index in [1.54, 1.807) is 0 Å². The molecule has 0 saturated heterocycles. The van der Waals surface area contributed by atoms with Crippen LogP contribution in [0.1, 0.15) is 24.9 Å². The van der Waals surface area contributed by atoms with E-state index >= 15 is 0 Å². The van der Waals surface area contributed by atoms with E-state index in [9.17, 15) is 0 Å². The van der Waals surface area contributed by atoms with Crippen molar-refractivity contribution in [2.75, 3.05) is 6.54 Å². The molecule has 1 heteroatoms. The number of nitrogens with zero attached hydrogens (tertiary/aromatic N) is 1. The van der Waals surface area contributed by atoms with Crippen molar-refractivity contribution in [1.82, 2.24) is 4.90 Å². The topological polar surface area (TPSA) is 3.24 Å². The molecule has 84 valence electrons. The Morgan fingerprint density at radius 3 is 2.81 bits per heavy atom. The lowest BCUT2D eigenvalue weighted by Crippen LogP contribution is -2.37. The van der Waals surface area contributed by atoms with Gasteiger partial charge >= 0.3 is 0 Å². The van der Waals surface area contributed by atoms with E-state index in [0.29, 0.717) is 12.1 Å². The van der Waals surface area contributed by atoms with Gasteiger partial charge < -0.3 is 0 Å². The molecular formula is C15H19N. The predicted octanol–water partition coefficient (Wildman–Crippen LogP) is 3.56. The lowest BCUT2D eigenvalue weighted by Gasteiger charge is -2.35. The molecule has 0 N–H and O–H groups in total. The van der Waals surface area contributed by atoms with Crippen LogP contribution in [-0.4, -0.2) is 17.5 Å². The first kappa shape index (κ1) is 11.2. The largest absolute Gasteiger partial charge is 0.286 e. The predicted molar refractivity (Wildman–Crippen MR) is 69.3 cm³/mol. The number of hydrogen-bond donors (Lipinski definition) is 0. The van der Waals surface area contributed by atoms with Crippen molar-refractivity contribution >= 4 is 0 Å². The van der Waals surface area contributed by atoms with Gasteiger partial charge in [-0.1, -0.05) is 48.6 Å². The minimum atomic E-state index is 0.379. The second-order valence-electron chi connectivity index (χ2n) is 4.27. The molecule has 16 heavy (non-hydrogen) atoms. The van der Waals surface area contributed by atoms with Gasteiger partial charge in [0.15, 0.2) is 0 Å². The summed E-state index contributed by atoms with van der Waals surface area (Å²) in [4.78, 5) is 2.49. The third-order valence-electron chi connectivity index (χ3n) is 3.29. The fourth-order valence-corrected chi connectivity index (χ4v) is 2.31. The summed E-state index contributed by atoms with van der Waals surface area (Å²) in [5.41, 5.74) is 1.38. The third-order valence-corrected chi connectivity index (χ3v) is 3.29. The maximum Gasteiger partial charge on any atom is 0.0465 e. The molecule has 0 saturated carbocycles. The molecule has 0 radical (unpaired) electrons. The Labute approximate surface area is 98.1 Å². The molecule has 1 aliphatic rings. The van der Waals surface area contributed by atoms with Crippen LogP contribution in [0.25, 0.3) is 0 Å². The zero-order chi connectivity index (χ0) is 11.4. The minimum absolute atomic E-state index is 0.379. The van der Waals surface area contributed by atoms with E-state index in [4.69, 9.17) is 0 Å². The summed E-state index contributed by atoms with van der Waals surface area (Å²) >= 11 is 0. The van der Waals surface area contributed by atoms with Crippen molar-refractivity contribution in [3.63, 3.8) is 0 Å². The lowest BCUT2D eigenvalue weighted by molar-refractivity contribution is 0.192. The van der Waals surface area contributed by atoms with Crippen LogP contribution in [0.2, 0.25) is 0 Å². The smallest absolute Gasteiger partial charge is 0.0465 e. The SMILES string of the molecule is C=C[C@@H]1C=CCCN1[C@@H](C)c1ccccc1. The summed E-state index contributed by atoms with van der Waals surface area (Å²) in [6.45, 7) is 7.30. The van der Waals surface area contributed by atoms with Gasteiger partial charge in [0.25, 0.3) is 0 Å². The third kappa shape index (κ3) is 2.25. The fourth-order valence-electron chi connectivity index (χ4n) is 2.31. The average molecular weight is 213 g/mol. The van der Waals surface area contributed by atoms with Crippen molar-refractivity contribution in [3.05, 3.63) is 60.7 Å². The van der Waals surface area contributed by atoms with Crippen molar-refractivity contribution in [2.24, 2.45) is 0 Å². The summed E-state index contributed by atoms with van der Waals surface area (Å²) in [5.74, 6) is 0. The van der Waals surface area contributed by atoms with Crippen LogP contribution in [0.3, 0.4) is 0 Å². The first-order valence-corrected chi connectivity index (χ1v) is 5.93. The van der Waals surface area contributed by atoms with Crippen molar-refractivity contribution < 1.29 is 0 Å². The summed E-state index contributed by atoms with van der Waals surface area (Å²) in [6.07, 6.45) is 7.66. The zero-order valence-corrected chi connectivity index (χ0v) is 9.84. The highest BCUT2D eigenvalue weighted by atomic mass is 15.2. The summed E-state index contributed by atoms with van der Waals surface area (Å²) in [6, 6.07) is 11.5. The van der Waals surface area contributed by atoms with Gasteiger partial charge in [0, 0.05) is 18.6 Å². The van der Waals surface area contributed by atoms with Gasteiger partial charge in [-0.05, 0) is 18.9 Å². The molecule has 1 aromatic rings. The highest BCUT2D eigenvalue weighted by Crippen LogP contribution is 2.25. The monoisotopic (exact) mass is 213 g/mol. The Balaban J connectivity index is 2.18. The Hall–Kier alpha value is -1.34. The molecule has 1 heterocycles. The van der Waals surface area contributed by atoms with E-state index in [1.165, 1.54) is 5.56 Å². The zero-order valence-electron chi connectivity index (χ0n) is 9.84. The Bertz CT molecular complexity index is 366. The first-order valence-electron chi connectivity index (χ1n) is 5.93. The molecule has 0 aromatic heterocycles. The van der Waals surface area contributed by atoms with Crippen LogP contribution in [0.4, 0.5) is 0 Å². The molecule has 0 unspecified atom stereocenters. The molecule has 2 rings (SSSR count). The van der Waals surface area contributed by atoms with Crippen LogP contribution in [0, 0.1) is 0 Å². The van der Waals surface area contributed by atoms with Crippen molar-refractivity contribution in [3.8, 4) is 0 Å². The van der Waals surface area contributed by atoms with E-state index in [1.807, 2.05) is 6.08 Å². The Morgan fingerprint density at radius 2 is 2.12 bits per heavy atom. The molecule has 0 fully saturated rings. The number of benzene rings is 1. The van der Waals surface area contributed by atoms with Crippen LogP contribution in [0.5, 0.6) is 0 Å². The number of hydrogen-bond acceptors (Lipinski definition) is 1. The van der Waals surface area contributed by atoms with Gasteiger partial charge in [0.2, 0.25) is 0 Å². The molecule has 2 atom stereocenters. The highest BCUT2D eigenvalue weighted by molar-refractivity contribution is 5.20. The fraction of sp³-hybridized carbons (Fsp3) is 0.333. The van der Waals surface area contributed by atoms with E-state index in [-0.39, 0.29) is 0 Å². The minimum Gasteiger partial charge on any atom is -0.286 e. The first-order chi connectivity index (χ1) is 7.83.